The molecule has 0 fully saturated rings. The number of hydrogen-bond acceptors (Lipinski definition) is 1. The van der Waals surface area contributed by atoms with Gasteiger partial charge in [-0.1, -0.05) is 18.2 Å². The Balaban J connectivity index is 0. The normalized spacial score (nSPS) is 6.62. The van der Waals surface area contributed by atoms with Crippen LogP contribution in [0.15, 0.2) is 12.4 Å². The summed E-state index contributed by atoms with van der Waals surface area (Å²) in [7, 11) is 0. The molecule has 1 rings (SSSR count). The third-order valence-electron chi connectivity index (χ3n) is 0.589. The second kappa shape index (κ2) is 6.54. The number of imidazole rings is 1. The van der Waals surface area contributed by atoms with Crippen LogP contribution in [0.25, 0.3) is 0 Å². The quantitative estimate of drug-likeness (QED) is 0.671. The van der Waals surface area contributed by atoms with Crippen LogP contribution in [0.1, 0.15) is 5.82 Å². The van der Waals surface area contributed by atoms with Gasteiger partial charge >= 0.3 is 0 Å². The zero-order valence-corrected chi connectivity index (χ0v) is 10.4. The van der Waals surface area contributed by atoms with Gasteiger partial charge in [-0.15, -0.1) is 0 Å². The Labute approximate surface area is 99.0 Å². The minimum atomic E-state index is 0. The van der Waals surface area contributed by atoms with E-state index in [0.717, 1.165) is 5.82 Å². The van der Waals surface area contributed by atoms with E-state index in [-0.39, 0.29) is 65.4 Å². The summed E-state index contributed by atoms with van der Waals surface area (Å²) in [5.41, 5.74) is 0. The van der Waals surface area contributed by atoms with Gasteiger partial charge in [-0.2, -0.15) is 0 Å². The number of nitrogens with zero attached hydrogens (tertiary/aromatic N) is 2. The van der Waals surface area contributed by atoms with Gasteiger partial charge in [0, 0.05) is 65.4 Å². The van der Waals surface area contributed by atoms with Crippen molar-refractivity contribution in [3.63, 3.8) is 0 Å². The van der Waals surface area contributed by atoms with Crippen LogP contribution in [-0.4, -0.2) is 4.98 Å². The fraction of sp³-hybridized carbons (Fsp3) is 0.250. The standard InChI is InChI=1S/C4H5N2.2Y/c1-4-5-2-3-6-4;;/h2-3H,1H3;;/q-1;;. The van der Waals surface area contributed by atoms with Gasteiger partial charge in [0.1, 0.15) is 0 Å². The van der Waals surface area contributed by atoms with Crippen molar-refractivity contribution in [3.8, 4) is 0 Å². The van der Waals surface area contributed by atoms with Crippen molar-refractivity contribution in [1.82, 2.24) is 9.97 Å². The van der Waals surface area contributed by atoms with Gasteiger partial charge in [-0.25, -0.2) is 0 Å². The van der Waals surface area contributed by atoms with Crippen LogP contribution in [0.2, 0.25) is 0 Å². The monoisotopic (exact) mass is 259 g/mol. The first-order valence-electron chi connectivity index (χ1n) is 1.80. The van der Waals surface area contributed by atoms with Crippen LogP contribution < -0.4 is 4.98 Å². The third kappa shape index (κ3) is 4.31. The van der Waals surface area contributed by atoms with E-state index < -0.39 is 0 Å². The summed E-state index contributed by atoms with van der Waals surface area (Å²) < 4.78 is 0. The molecule has 0 saturated heterocycles. The molecule has 1 aromatic heterocycles. The minimum absolute atomic E-state index is 0. The molecule has 1 aromatic rings. The second-order valence-electron chi connectivity index (χ2n) is 1.10. The topological polar surface area (TPSA) is 27.0 Å². The molecular formula is C4H5N2Y2-. The first kappa shape index (κ1) is 12.1. The van der Waals surface area contributed by atoms with Crippen molar-refractivity contribution in [2.45, 2.75) is 6.92 Å². The molecule has 0 N–H and O–H groups in total. The summed E-state index contributed by atoms with van der Waals surface area (Å²) in [5.74, 6) is 0.843. The molecule has 0 unspecified atom stereocenters. The van der Waals surface area contributed by atoms with E-state index >= 15 is 0 Å². The molecule has 2 radical (unpaired) electrons. The van der Waals surface area contributed by atoms with Crippen molar-refractivity contribution < 1.29 is 65.4 Å². The summed E-state index contributed by atoms with van der Waals surface area (Å²) in [6.07, 6.45) is 3.35. The van der Waals surface area contributed by atoms with Crippen molar-refractivity contribution in [2.75, 3.05) is 0 Å². The van der Waals surface area contributed by atoms with E-state index in [4.69, 9.17) is 0 Å². The van der Waals surface area contributed by atoms with Crippen LogP contribution in [0.4, 0.5) is 0 Å². The molecule has 2 nitrogen and oxygen atoms in total. The van der Waals surface area contributed by atoms with Gasteiger partial charge in [0.25, 0.3) is 0 Å². The molecule has 0 bridgehead atoms. The zero-order chi connectivity index (χ0) is 4.41. The Bertz CT molecular complexity index is 116. The summed E-state index contributed by atoms with van der Waals surface area (Å²) >= 11 is 0. The maximum atomic E-state index is 3.81. The smallest absolute Gasteiger partial charge is 0 e. The van der Waals surface area contributed by atoms with Crippen LogP contribution in [0.3, 0.4) is 0 Å². The Morgan fingerprint density at radius 2 is 2.12 bits per heavy atom. The molecule has 38 valence electrons. The fourth-order valence-corrected chi connectivity index (χ4v) is 0.316. The largest absolute Gasteiger partial charge is 0.447 e. The maximum absolute atomic E-state index is 3.81. The number of hydrogen-bond donors (Lipinski definition) is 0. The van der Waals surface area contributed by atoms with Gasteiger partial charge < -0.3 is 9.97 Å². The van der Waals surface area contributed by atoms with E-state index in [2.05, 4.69) is 9.97 Å². The Hall–Kier alpha value is 1.42. The molecule has 0 aromatic carbocycles. The predicted octanol–water partition coefficient (Wildman–Crippen LogP) is 0.342. The van der Waals surface area contributed by atoms with E-state index in [1.54, 1.807) is 12.4 Å². The fourth-order valence-electron chi connectivity index (χ4n) is 0.316. The number of aromatic nitrogens is 2. The third-order valence-corrected chi connectivity index (χ3v) is 0.589. The molecule has 1 heterocycles. The van der Waals surface area contributed by atoms with E-state index in [1.807, 2.05) is 6.92 Å². The van der Waals surface area contributed by atoms with Crippen LogP contribution in [-0.2, 0) is 65.4 Å². The van der Waals surface area contributed by atoms with E-state index in [0.29, 0.717) is 0 Å². The first-order valence-corrected chi connectivity index (χ1v) is 1.80. The zero-order valence-electron chi connectivity index (χ0n) is 4.70. The SMILES string of the molecule is Cc1ncc[n-]1.[Y].[Y]. The predicted molar refractivity (Wildman–Crippen MR) is 22.3 cm³/mol. The molecule has 0 spiro atoms. The molecule has 4 heteroatoms. The summed E-state index contributed by atoms with van der Waals surface area (Å²) in [5, 5.41) is 0. The van der Waals surface area contributed by atoms with Crippen LogP contribution >= 0.6 is 0 Å². The Morgan fingerprint density at radius 1 is 1.50 bits per heavy atom. The molecule has 0 atom stereocenters. The van der Waals surface area contributed by atoms with Crippen LogP contribution in [0, 0.1) is 6.92 Å². The maximum Gasteiger partial charge on any atom is 0 e. The van der Waals surface area contributed by atoms with Gasteiger partial charge in [0.2, 0.25) is 0 Å². The number of rotatable bonds is 0. The molecule has 0 aliphatic rings. The summed E-state index contributed by atoms with van der Waals surface area (Å²) in [6.45, 7) is 1.86. The average Bonchev–Trinajstić information content (AvgIpc) is 1.86. The molecule has 8 heavy (non-hydrogen) atoms. The van der Waals surface area contributed by atoms with Crippen molar-refractivity contribution in [1.29, 1.82) is 0 Å². The summed E-state index contributed by atoms with van der Waals surface area (Å²) in [6, 6.07) is 0. The van der Waals surface area contributed by atoms with Gasteiger partial charge in [0.05, 0.1) is 0 Å². The Morgan fingerprint density at radius 3 is 2.25 bits per heavy atom. The molecule has 0 aliphatic heterocycles. The Kier molecular flexibility index (Phi) is 9.91. The van der Waals surface area contributed by atoms with Crippen LogP contribution in [0.5, 0.6) is 0 Å². The van der Waals surface area contributed by atoms with E-state index in [9.17, 15) is 0 Å². The van der Waals surface area contributed by atoms with Gasteiger partial charge in [0.15, 0.2) is 0 Å². The average molecular weight is 259 g/mol. The second-order valence-corrected chi connectivity index (χ2v) is 1.10. The number of aryl methyl sites for hydroxylation is 1. The first-order chi connectivity index (χ1) is 2.89. The van der Waals surface area contributed by atoms with E-state index in [1.165, 1.54) is 0 Å². The van der Waals surface area contributed by atoms with Crippen molar-refractivity contribution in [2.24, 2.45) is 0 Å². The minimum Gasteiger partial charge on any atom is -0.447 e. The van der Waals surface area contributed by atoms with Gasteiger partial charge in [-0.3, -0.25) is 0 Å². The van der Waals surface area contributed by atoms with Crippen molar-refractivity contribution in [3.05, 3.63) is 18.2 Å². The molecule has 0 amide bonds. The molecular weight excluding hydrogens is 254 g/mol. The molecule has 0 saturated carbocycles. The van der Waals surface area contributed by atoms with Crippen molar-refractivity contribution >= 4 is 0 Å². The summed E-state index contributed by atoms with van der Waals surface area (Å²) in [4.78, 5) is 7.61. The van der Waals surface area contributed by atoms with Gasteiger partial charge in [-0.05, 0) is 6.92 Å². The molecule has 0 aliphatic carbocycles.